The summed E-state index contributed by atoms with van der Waals surface area (Å²) in [5.74, 6) is 0.168. The molecule has 4 nitrogen and oxygen atoms in total. The van der Waals surface area contributed by atoms with E-state index in [9.17, 15) is 4.79 Å². The Labute approximate surface area is 130 Å². The molecule has 0 aromatic heterocycles. The number of ether oxygens (including phenoxy) is 1. The van der Waals surface area contributed by atoms with Gasteiger partial charge in [0.15, 0.2) is 0 Å². The van der Waals surface area contributed by atoms with E-state index in [1.807, 2.05) is 0 Å². The minimum Gasteiger partial charge on any atom is -0.495 e. The number of benzene rings is 2. The quantitative estimate of drug-likeness (QED) is 0.820. The van der Waals surface area contributed by atoms with Crippen molar-refractivity contribution in [2.45, 2.75) is 0 Å². The van der Waals surface area contributed by atoms with Crippen LogP contribution in [0.1, 0.15) is 10.4 Å². The first-order valence-electron chi connectivity index (χ1n) is 5.71. The highest BCUT2D eigenvalue weighted by atomic mass is 79.9. The van der Waals surface area contributed by atoms with Gasteiger partial charge in [0.2, 0.25) is 0 Å². The lowest BCUT2D eigenvalue weighted by Gasteiger charge is -2.10. The van der Waals surface area contributed by atoms with Crippen molar-refractivity contribution in [1.29, 1.82) is 0 Å². The molecule has 104 valence electrons. The van der Waals surface area contributed by atoms with Crippen LogP contribution in [0.15, 0.2) is 40.9 Å². The largest absolute Gasteiger partial charge is 0.495 e. The summed E-state index contributed by atoms with van der Waals surface area (Å²) in [6.07, 6.45) is 0. The van der Waals surface area contributed by atoms with Gasteiger partial charge >= 0.3 is 0 Å². The molecule has 6 heteroatoms. The number of nitrogen functional groups attached to an aromatic ring is 1. The van der Waals surface area contributed by atoms with E-state index in [1.165, 1.54) is 7.11 Å². The highest BCUT2D eigenvalue weighted by Crippen LogP contribution is 2.27. The third-order valence-electron chi connectivity index (χ3n) is 2.67. The van der Waals surface area contributed by atoms with Crippen LogP contribution in [0.2, 0.25) is 5.02 Å². The van der Waals surface area contributed by atoms with Gasteiger partial charge in [0.05, 0.1) is 23.5 Å². The summed E-state index contributed by atoms with van der Waals surface area (Å²) in [6, 6.07) is 10.1. The third kappa shape index (κ3) is 3.23. The standard InChI is InChI=1S/C14H12BrClN2O2/c1-20-13-6-8(2-5-11(13)17)14(19)18-12-7-9(15)3-4-10(12)16/h2-7H,17H2,1H3,(H,18,19). The number of rotatable bonds is 3. The number of amides is 1. The number of methoxy groups -OCH3 is 1. The summed E-state index contributed by atoms with van der Waals surface area (Å²) in [5, 5.41) is 3.20. The lowest BCUT2D eigenvalue weighted by molar-refractivity contribution is 0.102. The first kappa shape index (κ1) is 14.7. The van der Waals surface area contributed by atoms with Gasteiger partial charge in [-0.25, -0.2) is 0 Å². The number of anilines is 2. The maximum absolute atomic E-state index is 12.2. The molecule has 0 unspecified atom stereocenters. The van der Waals surface area contributed by atoms with E-state index in [0.29, 0.717) is 27.7 Å². The highest BCUT2D eigenvalue weighted by molar-refractivity contribution is 9.10. The summed E-state index contributed by atoms with van der Waals surface area (Å²) in [4.78, 5) is 12.2. The van der Waals surface area contributed by atoms with E-state index in [-0.39, 0.29) is 5.91 Å². The Bertz CT molecular complexity index is 662. The van der Waals surface area contributed by atoms with Gasteiger partial charge in [-0.3, -0.25) is 4.79 Å². The average Bonchev–Trinajstić information content (AvgIpc) is 2.43. The van der Waals surface area contributed by atoms with Crippen molar-refractivity contribution in [3.63, 3.8) is 0 Å². The second-order valence-corrected chi connectivity index (χ2v) is 5.36. The Morgan fingerprint density at radius 2 is 2.05 bits per heavy atom. The fraction of sp³-hybridized carbons (Fsp3) is 0.0714. The average molecular weight is 356 g/mol. The fourth-order valence-corrected chi connectivity index (χ4v) is 2.17. The zero-order chi connectivity index (χ0) is 14.7. The van der Waals surface area contributed by atoms with Gasteiger partial charge in [0.1, 0.15) is 5.75 Å². The number of carbonyl (C=O) groups excluding carboxylic acids is 1. The predicted molar refractivity (Wildman–Crippen MR) is 84.5 cm³/mol. The van der Waals surface area contributed by atoms with Crippen molar-refractivity contribution < 1.29 is 9.53 Å². The SMILES string of the molecule is COc1cc(C(=O)Nc2cc(Br)ccc2Cl)ccc1N. The lowest BCUT2D eigenvalue weighted by atomic mass is 10.1. The van der Waals surface area contributed by atoms with Gasteiger partial charge in [-0.1, -0.05) is 27.5 Å². The molecule has 0 saturated carbocycles. The van der Waals surface area contributed by atoms with Crippen molar-refractivity contribution in [2.24, 2.45) is 0 Å². The number of nitrogens with one attached hydrogen (secondary N) is 1. The van der Waals surface area contributed by atoms with Crippen LogP contribution in [0.5, 0.6) is 5.75 Å². The predicted octanol–water partition coefficient (Wildman–Crippen LogP) is 3.95. The smallest absolute Gasteiger partial charge is 0.255 e. The molecule has 0 heterocycles. The molecule has 0 bridgehead atoms. The lowest BCUT2D eigenvalue weighted by Crippen LogP contribution is -2.12. The van der Waals surface area contributed by atoms with E-state index < -0.39 is 0 Å². The molecule has 1 amide bonds. The minimum absolute atomic E-state index is 0.289. The topological polar surface area (TPSA) is 64.3 Å². The fourth-order valence-electron chi connectivity index (χ4n) is 1.64. The number of hydrogen-bond donors (Lipinski definition) is 2. The van der Waals surface area contributed by atoms with Crippen LogP contribution in [0, 0.1) is 0 Å². The second kappa shape index (κ2) is 6.15. The molecule has 3 N–H and O–H groups in total. The van der Waals surface area contributed by atoms with E-state index in [2.05, 4.69) is 21.2 Å². The monoisotopic (exact) mass is 354 g/mol. The maximum atomic E-state index is 12.2. The van der Waals surface area contributed by atoms with Crippen molar-refractivity contribution in [2.75, 3.05) is 18.2 Å². The van der Waals surface area contributed by atoms with Crippen molar-refractivity contribution in [3.05, 3.63) is 51.5 Å². The van der Waals surface area contributed by atoms with E-state index in [4.69, 9.17) is 22.1 Å². The zero-order valence-electron chi connectivity index (χ0n) is 10.6. The molecule has 0 radical (unpaired) electrons. The first-order chi connectivity index (χ1) is 9.51. The molecule has 20 heavy (non-hydrogen) atoms. The molecule has 0 aliphatic carbocycles. The number of carbonyl (C=O) groups is 1. The molecular weight excluding hydrogens is 344 g/mol. The van der Waals surface area contributed by atoms with Crippen LogP contribution in [-0.4, -0.2) is 13.0 Å². The minimum atomic E-state index is -0.289. The molecule has 0 fully saturated rings. The first-order valence-corrected chi connectivity index (χ1v) is 6.88. The van der Waals surface area contributed by atoms with Gasteiger partial charge in [-0.05, 0) is 36.4 Å². The normalized spacial score (nSPS) is 10.2. The van der Waals surface area contributed by atoms with Gasteiger partial charge in [0.25, 0.3) is 5.91 Å². The number of halogens is 2. The number of nitrogens with two attached hydrogens (primary N) is 1. The molecule has 2 aromatic rings. The molecule has 2 rings (SSSR count). The summed E-state index contributed by atoms with van der Waals surface area (Å²) < 4.78 is 5.92. The molecule has 0 saturated heterocycles. The van der Waals surface area contributed by atoms with Crippen LogP contribution in [0.25, 0.3) is 0 Å². The van der Waals surface area contributed by atoms with Gasteiger partial charge < -0.3 is 15.8 Å². The Morgan fingerprint density at radius 1 is 1.30 bits per heavy atom. The maximum Gasteiger partial charge on any atom is 0.255 e. The zero-order valence-corrected chi connectivity index (χ0v) is 13.0. The molecular formula is C14H12BrClN2O2. The Hall–Kier alpha value is -1.72. The number of hydrogen-bond acceptors (Lipinski definition) is 3. The second-order valence-electron chi connectivity index (χ2n) is 4.04. The molecule has 0 aliphatic heterocycles. The van der Waals surface area contributed by atoms with Gasteiger partial charge in [0, 0.05) is 10.0 Å². The Kier molecular flexibility index (Phi) is 4.52. The molecule has 0 spiro atoms. The molecule has 0 atom stereocenters. The van der Waals surface area contributed by atoms with Gasteiger partial charge in [-0.15, -0.1) is 0 Å². The van der Waals surface area contributed by atoms with Gasteiger partial charge in [-0.2, -0.15) is 0 Å². The highest BCUT2D eigenvalue weighted by Gasteiger charge is 2.11. The summed E-state index contributed by atoms with van der Waals surface area (Å²) in [6.45, 7) is 0. The van der Waals surface area contributed by atoms with Crippen molar-refractivity contribution >= 4 is 44.8 Å². The van der Waals surface area contributed by atoms with Crippen molar-refractivity contribution in [3.8, 4) is 5.75 Å². The van der Waals surface area contributed by atoms with Crippen LogP contribution in [0.3, 0.4) is 0 Å². The van der Waals surface area contributed by atoms with E-state index >= 15 is 0 Å². The Morgan fingerprint density at radius 3 is 2.75 bits per heavy atom. The molecule has 0 aliphatic rings. The van der Waals surface area contributed by atoms with Crippen molar-refractivity contribution in [1.82, 2.24) is 0 Å². The summed E-state index contributed by atoms with van der Waals surface area (Å²) in [7, 11) is 1.50. The van der Waals surface area contributed by atoms with Crippen LogP contribution < -0.4 is 15.8 Å². The molecule has 2 aromatic carbocycles. The Balaban J connectivity index is 2.26. The van der Waals surface area contributed by atoms with E-state index in [0.717, 1.165) is 4.47 Å². The van der Waals surface area contributed by atoms with Crippen LogP contribution in [-0.2, 0) is 0 Å². The summed E-state index contributed by atoms with van der Waals surface area (Å²) >= 11 is 9.36. The van der Waals surface area contributed by atoms with E-state index in [1.54, 1.807) is 36.4 Å². The van der Waals surface area contributed by atoms with Crippen LogP contribution in [0.4, 0.5) is 11.4 Å². The third-order valence-corrected chi connectivity index (χ3v) is 3.50. The summed E-state index contributed by atoms with van der Waals surface area (Å²) in [5.41, 5.74) is 7.16. The van der Waals surface area contributed by atoms with Crippen LogP contribution >= 0.6 is 27.5 Å².